The summed E-state index contributed by atoms with van der Waals surface area (Å²) >= 11 is 0. The highest BCUT2D eigenvalue weighted by Gasteiger charge is 2.17. The van der Waals surface area contributed by atoms with Crippen LogP contribution in [0.25, 0.3) is 0 Å². The van der Waals surface area contributed by atoms with Gasteiger partial charge in [0.25, 0.3) is 5.69 Å². The number of rotatable bonds is 19. The van der Waals surface area contributed by atoms with Crippen molar-refractivity contribution in [3.8, 4) is 0 Å². The minimum atomic E-state index is -0.719. The fourth-order valence-corrected chi connectivity index (χ4v) is 3.71. The van der Waals surface area contributed by atoms with Gasteiger partial charge in [0.2, 0.25) is 0 Å². The quantitative estimate of drug-likeness (QED) is 0.105. The number of benzene rings is 1. The lowest BCUT2D eigenvalue weighted by Crippen LogP contribution is -2.18. The molecule has 1 rings (SSSR count). The number of carbonyl (C=O) groups excluding carboxylic acids is 1. The lowest BCUT2D eigenvalue weighted by atomic mass is 10.0. The molecule has 7 heteroatoms. The zero-order valence-electron chi connectivity index (χ0n) is 19.4. The topological polar surface area (TPSA) is 107 Å². The second-order valence-electron chi connectivity index (χ2n) is 8.44. The molecule has 0 fully saturated rings. The predicted molar refractivity (Wildman–Crippen MR) is 125 cm³/mol. The lowest BCUT2D eigenvalue weighted by Gasteiger charge is -2.18. The van der Waals surface area contributed by atoms with Crippen molar-refractivity contribution in [2.45, 2.75) is 109 Å². The van der Waals surface area contributed by atoms with Gasteiger partial charge in [-0.05, 0) is 44.2 Å². The molecule has 180 valence electrons. The number of aliphatic carboxylic acids is 1. The second-order valence-corrected chi connectivity index (χ2v) is 8.44. The van der Waals surface area contributed by atoms with Gasteiger partial charge in [0, 0.05) is 18.6 Å². The van der Waals surface area contributed by atoms with Crippen molar-refractivity contribution in [1.29, 1.82) is 0 Å². The minimum absolute atomic E-state index is 0.0421. The molecule has 0 aliphatic rings. The van der Waals surface area contributed by atoms with Gasteiger partial charge in [0.05, 0.1) is 10.5 Å². The highest BCUT2D eigenvalue weighted by atomic mass is 16.6. The van der Waals surface area contributed by atoms with E-state index in [1.54, 1.807) is 0 Å². The minimum Gasteiger partial charge on any atom is -0.481 e. The summed E-state index contributed by atoms with van der Waals surface area (Å²) in [4.78, 5) is 33.3. The summed E-state index contributed by atoms with van der Waals surface area (Å²) in [6.45, 7) is 2.16. The summed E-state index contributed by atoms with van der Waals surface area (Å²) in [5.74, 6) is -1.13. The summed E-state index contributed by atoms with van der Waals surface area (Å²) in [5, 5.41) is 19.4. The summed E-state index contributed by atoms with van der Waals surface area (Å²) in [6, 6.07) is 5.55. The number of nitro groups is 1. The van der Waals surface area contributed by atoms with E-state index in [4.69, 9.17) is 9.84 Å². The van der Waals surface area contributed by atoms with Crippen molar-refractivity contribution in [3.63, 3.8) is 0 Å². The summed E-state index contributed by atoms with van der Waals surface area (Å²) in [5.41, 5.74) is 0.302. The van der Waals surface area contributed by atoms with Crippen LogP contribution in [0.2, 0.25) is 0 Å². The number of hydrogen-bond donors (Lipinski definition) is 1. The monoisotopic (exact) mass is 449 g/mol. The molecule has 0 unspecified atom stereocenters. The van der Waals surface area contributed by atoms with E-state index < -0.39 is 16.9 Å². The smallest absolute Gasteiger partial charge is 0.338 e. The molecule has 7 nitrogen and oxygen atoms in total. The highest BCUT2D eigenvalue weighted by Crippen LogP contribution is 2.19. The van der Waals surface area contributed by atoms with Crippen LogP contribution in [0.15, 0.2) is 24.3 Å². The molecule has 0 aliphatic carbocycles. The van der Waals surface area contributed by atoms with Crippen LogP contribution in [0.5, 0.6) is 0 Å². The Labute approximate surface area is 191 Å². The van der Waals surface area contributed by atoms with Crippen LogP contribution in [-0.2, 0) is 9.53 Å². The van der Waals surface area contributed by atoms with Crippen molar-refractivity contribution in [3.05, 3.63) is 39.9 Å². The Morgan fingerprint density at radius 1 is 0.875 bits per heavy atom. The van der Waals surface area contributed by atoms with Crippen LogP contribution >= 0.6 is 0 Å². The number of carboxylic acid groups (broad SMARTS) is 1. The first kappa shape index (κ1) is 27.6. The zero-order chi connectivity index (χ0) is 23.6. The van der Waals surface area contributed by atoms with E-state index in [0.717, 1.165) is 83.5 Å². The number of nitrogens with zero attached hydrogens (tertiary/aromatic N) is 1. The first-order valence-corrected chi connectivity index (χ1v) is 12.1. The molecule has 0 saturated carbocycles. The molecule has 0 aliphatic heterocycles. The van der Waals surface area contributed by atoms with Crippen molar-refractivity contribution in [2.75, 3.05) is 0 Å². The average Bonchev–Trinajstić information content (AvgIpc) is 2.77. The van der Waals surface area contributed by atoms with Gasteiger partial charge in [0.15, 0.2) is 0 Å². The Bertz CT molecular complexity index is 674. The maximum atomic E-state index is 12.5. The molecule has 0 radical (unpaired) electrons. The Kier molecular flexibility index (Phi) is 14.8. The number of ether oxygens (including phenoxy) is 1. The number of carbonyl (C=O) groups is 2. The van der Waals surface area contributed by atoms with Crippen molar-refractivity contribution >= 4 is 17.6 Å². The standard InChI is InChI=1S/C25H39NO6/c1-2-3-4-11-14-23(15-12-9-7-5-6-8-10-13-16-24(27)28)32-25(29)21-17-19-22(20-18-21)26(30)31/h17-20,23H,2-16H2,1H3,(H,27,28)/t23-/m1/s1. The van der Waals surface area contributed by atoms with Crippen LogP contribution in [0, 0.1) is 10.1 Å². The molecule has 0 spiro atoms. The van der Waals surface area contributed by atoms with Crippen LogP contribution in [-0.4, -0.2) is 28.1 Å². The van der Waals surface area contributed by atoms with E-state index in [-0.39, 0.29) is 18.2 Å². The normalized spacial score (nSPS) is 11.8. The summed E-state index contributed by atoms with van der Waals surface area (Å²) in [6.07, 6.45) is 14.7. The maximum absolute atomic E-state index is 12.5. The molecule has 32 heavy (non-hydrogen) atoms. The zero-order valence-corrected chi connectivity index (χ0v) is 19.4. The molecule has 1 N–H and O–H groups in total. The fraction of sp³-hybridized carbons (Fsp3) is 0.680. The van der Waals surface area contributed by atoms with Gasteiger partial charge in [-0.15, -0.1) is 0 Å². The number of hydrogen-bond acceptors (Lipinski definition) is 5. The third-order valence-corrected chi connectivity index (χ3v) is 5.63. The first-order chi connectivity index (χ1) is 15.4. The molecular formula is C25H39NO6. The van der Waals surface area contributed by atoms with Gasteiger partial charge in [-0.3, -0.25) is 14.9 Å². The van der Waals surface area contributed by atoms with E-state index in [1.165, 1.54) is 30.7 Å². The van der Waals surface area contributed by atoms with E-state index in [9.17, 15) is 19.7 Å². The maximum Gasteiger partial charge on any atom is 0.338 e. The number of carboxylic acids is 1. The van der Waals surface area contributed by atoms with Gasteiger partial charge in [0.1, 0.15) is 6.10 Å². The van der Waals surface area contributed by atoms with Crippen LogP contribution in [0.1, 0.15) is 114 Å². The van der Waals surface area contributed by atoms with Crippen LogP contribution in [0.3, 0.4) is 0 Å². The van der Waals surface area contributed by atoms with E-state index in [1.807, 2.05) is 0 Å². The molecule has 1 atom stereocenters. The van der Waals surface area contributed by atoms with Crippen molar-refractivity contribution in [2.24, 2.45) is 0 Å². The summed E-state index contributed by atoms with van der Waals surface area (Å²) in [7, 11) is 0. The largest absolute Gasteiger partial charge is 0.481 e. The van der Waals surface area contributed by atoms with E-state index in [0.29, 0.717) is 5.56 Å². The molecule has 0 heterocycles. The molecular weight excluding hydrogens is 410 g/mol. The van der Waals surface area contributed by atoms with Gasteiger partial charge >= 0.3 is 11.9 Å². The number of nitro benzene ring substituents is 1. The lowest BCUT2D eigenvalue weighted by molar-refractivity contribution is -0.384. The van der Waals surface area contributed by atoms with Crippen LogP contribution < -0.4 is 0 Å². The van der Waals surface area contributed by atoms with Gasteiger partial charge < -0.3 is 9.84 Å². The first-order valence-electron chi connectivity index (χ1n) is 12.1. The molecule has 0 bridgehead atoms. The van der Waals surface area contributed by atoms with Gasteiger partial charge in [-0.25, -0.2) is 4.79 Å². The third kappa shape index (κ3) is 13.1. The SMILES string of the molecule is CCCCCC[C@H](CCCCCCCCCCC(=O)O)OC(=O)c1ccc([N+](=O)[O-])cc1. The Morgan fingerprint density at radius 3 is 1.88 bits per heavy atom. The van der Waals surface area contributed by atoms with Gasteiger partial charge in [-0.1, -0.05) is 64.7 Å². The number of esters is 1. The highest BCUT2D eigenvalue weighted by molar-refractivity contribution is 5.89. The Hall–Kier alpha value is -2.44. The van der Waals surface area contributed by atoms with Gasteiger partial charge in [-0.2, -0.15) is 0 Å². The predicted octanol–water partition coefficient (Wildman–Crippen LogP) is 7.08. The number of non-ortho nitro benzene ring substituents is 1. The molecule has 0 amide bonds. The fourth-order valence-electron chi connectivity index (χ4n) is 3.71. The van der Waals surface area contributed by atoms with Crippen molar-refractivity contribution < 1.29 is 24.4 Å². The number of unbranched alkanes of at least 4 members (excludes halogenated alkanes) is 10. The van der Waals surface area contributed by atoms with E-state index >= 15 is 0 Å². The van der Waals surface area contributed by atoms with E-state index in [2.05, 4.69) is 6.92 Å². The Morgan fingerprint density at radius 2 is 1.38 bits per heavy atom. The molecule has 0 aromatic heterocycles. The third-order valence-electron chi connectivity index (χ3n) is 5.63. The average molecular weight is 450 g/mol. The van der Waals surface area contributed by atoms with Crippen molar-refractivity contribution in [1.82, 2.24) is 0 Å². The Balaban J connectivity index is 2.35. The van der Waals surface area contributed by atoms with Crippen LogP contribution in [0.4, 0.5) is 5.69 Å². The second kappa shape index (κ2) is 17.2. The molecule has 1 aromatic rings. The molecule has 1 aromatic carbocycles. The summed E-state index contributed by atoms with van der Waals surface area (Å²) < 4.78 is 5.75. The molecule has 0 saturated heterocycles.